The lowest BCUT2D eigenvalue weighted by atomic mass is 10.1. The molecule has 1 heterocycles. The van der Waals surface area contributed by atoms with Gasteiger partial charge >= 0.3 is 0 Å². The zero-order valence-electron chi connectivity index (χ0n) is 8.95. The van der Waals surface area contributed by atoms with E-state index in [0.717, 1.165) is 0 Å². The first-order valence-electron chi connectivity index (χ1n) is 4.68. The lowest BCUT2D eigenvalue weighted by Gasteiger charge is -2.06. The van der Waals surface area contributed by atoms with Crippen LogP contribution in [-0.2, 0) is 0 Å². The molecule has 0 aliphatic heterocycles. The molecule has 4 nitrogen and oxygen atoms in total. The van der Waals surface area contributed by atoms with E-state index in [1.54, 1.807) is 6.92 Å². The zero-order chi connectivity index (χ0) is 11.7. The van der Waals surface area contributed by atoms with Crippen molar-refractivity contribution in [1.29, 1.82) is 0 Å². The molecule has 0 radical (unpaired) electrons. The average molecular weight is 222 g/mol. The molecule has 0 aliphatic carbocycles. The number of hydrogen-bond donors (Lipinski definition) is 1. The van der Waals surface area contributed by atoms with Crippen LogP contribution in [0.25, 0.3) is 11.3 Å². The number of halogens is 1. The van der Waals surface area contributed by atoms with E-state index in [9.17, 15) is 4.39 Å². The average Bonchev–Trinajstić information content (AvgIpc) is 2.57. The molecule has 0 aliphatic rings. The highest BCUT2D eigenvalue weighted by Crippen LogP contribution is 2.32. The zero-order valence-corrected chi connectivity index (χ0v) is 8.95. The van der Waals surface area contributed by atoms with Gasteiger partial charge in [0, 0.05) is 5.56 Å². The van der Waals surface area contributed by atoms with Crippen molar-refractivity contribution >= 4 is 6.01 Å². The number of hydrogen-bond acceptors (Lipinski definition) is 4. The number of benzene rings is 1. The molecule has 0 atom stereocenters. The Morgan fingerprint density at radius 2 is 2.19 bits per heavy atom. The second kappa shape index (κ2) is 3.84. The first-order chi connectivity index (χ1) is 7.61. The number of aromatic nitrogens is 1. The Bertz CT molecular complexity index is 523. The summed E-state index contributed by atoms with van der Waals surface area (Å²) in [6, 6.07) is 4.25. The lowest BCUT2D eigenvalue weighted by molar-refractivity contribution is 0.415. The predicted octanol–water partition coefficient (Wildman–Crippen LogP) is 2.38. The summed E-state index contributed by atoms with van der Waals surface area (Å²) in [6.07, 6.45) is 0. The summed E-state index contributed by atoms with van der Waals surface area (Å²) in [4.78, 5) is 3.99. The van der Waals surface area contributed by atoms with Crippen LogP contribution >= 0.6 is 0 Å². The van der Waals surface area contributed by atoms with E-state index >= 15 is 0 Å². The molecule has 5 heteroatoms. The molecule has 0 fully saturated rings. The van der Waals surface area contributed by atoms with Gasteiger partial charge in [-0.15, -0.1) is 0 Å². The number of methoxy groups -OCH3 is 1. The molecule has 0 unspecified atom stereocenters. The maximum Gasteiger partial charge on any atom is 0.292 e. The van der Waals surface area contributed by atoms with E-state index in [0.29, 0.717) is 22.8 Å². The van der Waals surface area contributed by atoms with Crippen LogP contribution in [0.4, 0.5) is 10.4 Å². The fourth-order valence-corrected chi connectivity index (χ4v) is 1.53. The van der Waals surface area contributed by atoms with Crippen LogP contribution in [-0.4, -0.2) is 12.1 Å². The van der Waals surface area contributed by atoms with E-state index in [1.165, 1.54) is 25.3 Å². The largest absolute Gasteiger partial charge is 0.496 e. The van der Waals surface area contributed by atoms with Gasteiger partial charge in [-0.1, -0.05) is 0 Å². The summed E-state index contributed by atoms with van der Waals surface area (Å²) in [5.41, 5.74) is 6.46. The topological polar surface area (TPSA) is 61.3 Å². The Morgan fingerprint density at radius 3 is 2.75 bits per heavy atom. The highest BCUT2D eigenvalue weighted by Gasteiger charge is 2.15. The van der Waals surface area contributed by atoms with Crippen LogP contribution in [0.1, 0.15) is 5.76 Å². The molecule has 0 spiro atoms. The summed E-state index contributed by atoms with van der Waals surface area (Å²) in [5, 5.41) is 0. The smallest absolute Gasteiger partial charge is 0.292 e. The normalized spacial score (nSPS) is 10.4. The quantitative estimate of drug-likeness (QED) is 0.847. The predicted molar refractivity (Wildman–Crippen MR) is 57.6 cm³/mol. The number of ether oxygens (including phenoxy) is 1. The van der Waals surface area contributed by atoms with Crippen molar-refractivity contribution in [3.05, 3.63) is 29.8 Å². The van der Waals surface area contributed by atoms with Gasteiger partial charge < -0.3 is 14.9 Å². The fraction of sp³-hybridized carbons (Fsp3) is 0.182. The minimum Gasteiger partial charge on any atom is -0.496 e. The van der Waals surface area contributed by atoms with Gasteiger partial charge in [0.15, 0.2) is 0 Å². The third-order valence-electron chi connectivity index (χ3n) is 2.23. The lowest BCUT2D eigenvalue weighted by Crippen LogP contribution is -1.91. The van der Waals surface area contributed by atoms with Gasteiger partial charge in [0.05, 0.1) is 7.11 Å². The summed E-state index contributed by atoms with van der Waals surface area (Å²) in [7, 11) is 1.51. The van der Waals surface area contributed by atoms with Gasteiger partial charge in [-0.2, -0.15) is 4.98 Å². The van der Waals surface area contributed by atoms with Crippen LogP contribution in [0.3, 0.4) is 0 Å². The van der Waals surface area contributed by atoms with E-state index in [-0.39, 0.29) is 11.8 Å². The summed E-state index contributed by atoms with van der Waals surface area (Å²) < 4.78 is 23.4. The Kier molecular flexibility index (Phi) is 2.52. The molecular weight excluding hydrogens is 211 g/mol. The summed E-state index contributed by atoms with van der Waals surface area (Å²) >= 11 is 0. The monoisotopic (exact) mass is 222 g/mol. The first kappa shape index (κ1) is 10.5. The minimum absolute atomic E-state index is 0.0545. The molecule has 0 saturated carbocycles. The standard InChI is InChI=1S/C11H11FN2O2/c1-6-10(14-11(13)16-6)8-5-7(12)3-4-9(8)15-2/h3-5H,1-2H3,(H2,13,14). The SMILES string of the molecule is COc1ccc(F)cc1-c1nc(N)oc1C. The second-order valence-corrected chi connectivity index (χ2v) is 3.30. The van der Waals surface area contributed by atoms with Crippen LogP contribution in [0.2, 0.25) is 0 Å². The van der Waals surface area contributed by atoms with Crippen molar-refractivity contribution in [2.75, 3.05) is 12.8 Å². The molecule has 0 amide bonds. The second-order valence-electron chi connectivity index (χ2n) is 3.30. The van der Waals surface area contributed by atoms with Crippen LogP contribution < -0.4 is 10.5 Å². The molecular formula is C11H11FN2O2. The van der Waals surface area contributed by atoms with E-state index in [4.69, 9.17) is 14.9 Å². The van der Waals surface area contributed by atoms with Crippen molar-refractivity contribution in [3.8, 4) is 17.0 Å². The van der Waals surface area contributed by atoms with Gasteiger partial charge in [0.25, 0.3) is 6.01 Å². The number of nitrogens with two attached hydrogens (primary N) is 1. The highest BCUT2D eigenvalue weighted by atomic mass is 19.1. The molecule has 84 valence electrons. The Morgan fingerprint density at radius 1 is 1.44 bits per heavy atom. The van der Waals surface area contributed by atoms with Gasteiger partial charge in [0.1, 0.15) is 23.0 Å². The number of aryl methyl sites for hydroxylation is 1. The Balaban J connectivity index is 2.62. The third kappa shape index (κ3) is 1.71. The number of nitrogen functional groups attached to an aromatic ring is 1. The number of nitrogens with zero attached hydrogens (tertiary/aromatic N) is 1. The molecule has 16 heavy (non-hydrogen) atoms. The molecule has 2 rings (SSSR count). The minimum atomic E-state index is -0.364. The molecule has 0 saturated heterocycles. The Labute approximate surface area is 91.9 Å². The third-order valence-corrected chi connectivity index (χ3v) is 2.23. The van der Waals surface area contributed by atoms with Crippen LogP contribution in [0.5, 0.6) is 5.75 Å². The fourth-order valence-electron chi connectivity index (χ4n) is 1.53. The Hall–Kier alpha value is -2.04. The van der Waals surface area contributed by atoms with Gasteiger partial charge in [0.2, 0.25) is 0 Å². The summed E-state index contributed by atoms with van der Waals surface area (Å²) in [5.74, 6) is 0.691. The molecule has 0 bridgehead atoms. The van der Waals surface area contributed by atoms with Crippen molar-refractivity contribution in [1.82, 2.24) is 4.98 Å². The molecule has 2 aromatic rings. The maximum absolute atomic E-state index is 13.2. The van der Waals surface area contributed by atoms with Crippen molar-refractivity contribution in [2.45, 2.75) is 6.92 Å². The van der Waals surface area contributed by atoms with Crippen molar-refractivity contribution in [3.63, 3.8) is 0 Å². The van der Waals surface area contributed by atoms with Crippen LogP contribution in [0, 0.1) is 12.7 Å². The van der Waals surface area contributed by atoms with E-state index < -0.39 is 0 Å². The van der Waals surface area contributed by atoms with Crippen molar-refractivity contribution < 1.29 is 13.5 Å². The number of oxazole rings is 1. The van der Waals surface area contributed by atoms with E-state index in [1.807, 2.05) is 0 Å². The maximum atomic E-state index is 13.2. The molecule has 2 N–H and O–H groups in total. The molecule has 1 aromatic heterocycles. The van der Waals surface area contributed by atoms with Gasteiger partial charge in [-0.3, -0.25) is 0 Å². The van der Waals surface area contributed by atoms with Crippen molar-refractivity contribution in [2.24, 2.45) is 0 Å². The van der Waals surface area contributed by atoms with Gasteiger partial charge in [-0.05, 0) is 25.1 Å². The highest BCUT2D eigenvalue weighted by molar-refractivity contribution is 5.69. The summed E-state index contributed by atoms with van der Waals surface area (Å²) in [6.45, 7) is 1.71. The number of anilines is 1. The number of rotatable bonds is 2. The van der Waals surface area contributed by atoms with Crippen LogP contribution in [0.15, 0.2) is 22.6 Å². The van der Waals surface area contributed by atoms with Gasteiger partial charge in [-0.25, -0.2) is 4.39 Å². The first-order valence-corrected chi connectivity index (χ1v) is 4.68. The van der Waals surface area contributed by atoms with E-state index in [2.05, 4.69) is 4.98 Å². The molecule has 1 aromatic carbocycles.